The van der Waals surface area contributed by atoms with Gasteiger partial charge in [0.2, 0.25) is 5.91 Å². The molecule has 3 aromatic carbocycles. The number of hydrogen-bond donors (Lipinski definition) is 1. The summed E-state index contributed by atoms with van der Waals surface area (Å²) in [6, 6.07) is 18.0. The monoisotopic (exact) mass is 426 g/mol. The molecule has 3 rings (SSSR count). The van der Waals surface area contributed by atoms with Gasteiger partial charge in [-0.3, -0.25) is 4.79 Å². The number of ether oxygens (including phenoxy) is 2. The molecule has 0 bridgehead atoms. The minimum atomic E-state index is -0.229. The van der Waals surface area contributed by atoms with E-state index in [1.807, 2.05) is 24.3 Å². The average Bonchev–Trinajstić information content (AvgIpc) is 2.66. The van der Waals surface area contributed by atoms with Crippen molar-refractivity contribution in [1.29, 1.82) is 0 Å². The summed E-state index contributed by atoms with van der Waals surface area (Å²) in [6.45, 7) is 1.81. The number of nitrogens with one attached hydrogen (secondary N) is 1. The van der Waals surface area contributed by atoms with E-state index in [1.54, 1.807) is 19.4 Å². The van der Waals surface area contributed by atoms with Crippen LogP contribution >= 0.6 is 15.9 Å². The number of carbonyl (C=O) groups excluding carboxylic acids is 1. The molecule has 3 aromatic rings. The largest absolute Gasteiger partial charge is 0.493 e. The van der Waals surface area contributed by atoms with Gasteiger partial charge in [0, 0.05) is 6.92 Å². The van der Waals surface area contributed by atoms with Gasteiger partial charge in [-0.1, -0.05) is 42.5 Å². The van der Waals surface area contributed by atoms with Gasteiger partial charge in [0.05, 0.1) is 17.8 Å². The normalized spacial score (nSPS) is 10.9. The van der Waals surface area contributed by atoms with Gasteiger partial charge in [-0.15, -0.1) is 0 Å². The molecule has 1 amide bonds. The molecule has 0 saturated heterocycles. The fraction of sp³-hybridized carbons (Fsp3) is 0.143. The van der Waals surface area contributed by atoms with Crippen LogP contribution in [0.1, 0.15) is 18.1 Å². The standard InChI is InChI=1S/C21H19BrN2O3/c1-14(25)24-23-12-15-10-19(22)21(20(11-15)26-2)27-13-17-8-5-7-16-6-3-4-9-18(16)17/h3-12H,13H2,1-2H3,(H,24,25)/b23-12-. The number of hydrazone groups is 1. The Bertz CT molecular complexity index is 997. The molecule has 0 fully saturated rings. The maximum atomic E-state index is 10.9. The molecule has 0 aromatic heterocycles. The van der Waals surface area contributed by atoms with Gasteiger partial charge < -0.3 is 9.47 Å². The predicted octanol–water partition coefficient (Wildman–Crippen LogP) is 4.66. The molecule has 27 heavy (non-hydrogen) atoms. The van der Waals surface area contributed by atoms with Crippen molar-refractivity contribution in [3.05, 3.63) is 70.2 Å². The third kappa shape index (κ3) is 4.65. The first-order valence-corrected chi connectivity index (χ1v) is 9.14. The van der Waals surface area contributed by atoms with E-state index in [1.165, 1.54) is 12.3 Å². The van der Waals surface area contributed by atoms with Gasteiger partial charge in [-0.2, -0.15) is 5.10 Å². The predicted molar refractivity (Wildman–Crippen MR) is 110 cm³/mol. The molecule has 0 heterocycles. The molecule has 0 atom stereocenters. The van der Waals surface area contributed by atoms with Crippen LogP contribution in [0, 0.1) is 0 Å². The molecular weight excluding hydrogens is 408 g/mol. The lowest BCUT2D eigenvalue weighted by Crippen LogP contribution is -2.12. The Kier molecular flexibility index (Phi) is 6.08. The molecule has 0 aliphatic rings. The number of halogens is 1. The summed E-state index contributed by atoms with van der Waals surface area (Å²) in [5.41, 5.74) is 4.24. The van der Waals surface area contributed by atoms with Crippen molar-refractivity contribution in [2.24, 2.45) is 5.10 Å². The first-order chi connectivity index (χ1) is 13.1. The summed E-state index contributed by atoms with van der Waals surface area (Å²) in [5.74, 6) is 0.961. The third-order valence-electron chi connectivity index (χ3n) is 3.94. The molecule has 0 aliphatic heterocycles. The lowest BCUT2D eigenvalue weighted by molar-refractivity contribution is -0.118. The maximum Gasteiger partial charge on any atom is 0.236 e. The Balaban J connectivity index is 1.84. The topological polar surface area (TPSA) is 59.9 Å². The van der Waals surface area contributed by atoms with E-state index in [9.17, 15) is 4.79 Å². The highest BCUT2D eigenvalue weighted by Crippen LogP contribution is 2.37. The minimum absolute atomic E-state index is 0.229. The van der Waals surface area contributed by atoms with Gasteiger partial charge >= 0.3 is 0 Å². The van der Waals surface area contributed by atoms with Gasteiger partial charge in [0.1, 0.15) is 6.61 Å². The van der Waals surface area contributed by atoms with Crippen LogP contribution in [0.15, 0.2) is 64.2 Å². The number of amides is 1. The van der Waals surface area contributed by atoms with Gasteiger partial charge in [0.15, 0.2) is 11.5 Å². The maximum absolute atomic E-state index is 10.9. The molecule has 0 saturated carbocycles. The zero-order chi connectivity index (χ0) is 19.2. The summed E-state index contributed by atoms with van der Waals surface area (Å²) in [7, 11) is 1.58. The van der Waals surface area contributed by atoms with Crippen LogP contribution in [0.2, 0.25) is 0 Å². The highest BCUT2D eigenvalue weighted by Gasteiger charge is 2.12. The van der Waals surface area contributed by atoms with Crippen molar-refractivity contribution in [2.75, 3.05) is 7.11 Å². The van der Waals surface area contributed by atoms with Gasteiger partial charge in [0.25, 0.3) is 0 Å². The quantitative estimate of drug-likeness (QED) is 0.460. The lowest BCUT2D eigenvalue weighted by Gasteiger charge is -2.14. The average molecular weight is 427 g/mol. The smallest absolute Gasteiger partial charge is 0.236 e. The van der Waals surface area contributed by atoms with E-state index in [4.69, 9.17) is 9.47 Å². The number of fused-ring (bicyclic) bond motifs is 1. The lowest BCUT2D eigenvalue weighted by atomic mass is 10.1. The second-order valence-corrected chi connectivity index (χ2v) is 6.74. The van der Waals surface area contributed by atoms with E-state index in [2.05, 4.69) is 50.7 Å². The van der Waals surface area contributed by atoms with Crippen molar-refractivity contribution in [1.82, 2.24) is 5.43 Å². The van der Waals surface area contributed by atoms with Crippen LogP contribution in [0.4, 0.5) is 0 Å². The van der Waals surface area contributed by atoms with Crippen LogP contribution in [0.3, 0.4) is 0 Å². The van der Waals surface area contributed by atoms with Crippen molar-refractivity contribution in [3.8, 4) is 11.5 Å². The second-order valence-electron chi connectivity index (χ2n) is 5.89. The molecule has 0 radical (unpaired) electrons. The number of nitrogens with zero attached hydrogens (tertiary/aromatic N) is 1. The van der Waals surface area contributed by atoms with E-state index in [-0.39, 0.29) is 5.91 Å². The Morgan fingerprint density at radius 3 is 2.74 bits per heavy atom. The van der Waals surface area contributed by atoms with Crippen molar-refractivity contribution >= 4 is 38.8 Å². The zero-order valence-corrected chi connectivity index (χ0v) is 16.6. The van der Waals surface area contributed by atoms with Crippen LogP contribution < -0.4 is 14.9 Å². The Hall–Kier alpha value is -2.86. The second kappa shape index (κ2) is 8.68. The first kappa shape index (κ1) is 18.9. The summed E-state index contributed by atoms with van der Waals surface area (Å²) in [4.78, 5) is 10.9. The number of carbonyl (C=O) groups is 1. The molecular formula is C21H19BrN2O3. The molecule has 0 aliphatic carbocycles. The van der Waals surface area contributed by atoms with Crippen LogP contribution in [0.5, 0.6) is 11.5 Å². The van der Waals surface area contributed by atoms with E-state index in [0.717, 1.165) is 21.0 Å². The van der Waals surface area contributed by atoms with Gasteiger partial charge in [-0.25, -0.2) is 5.43 Å². The molecule has 138 valence electrons. The number of rotatable bonds is 6. The Morgan fingerprint density at radius 2 is 1.96 bits per heavy atom. The third-order valence-corrected chi connectivity index (χ3v) is 4.53. The van der Waals surface area contributed by atoms with Crippen molar-refractivity contribution in [2.45, 2.75) is 13.5 Å². The van der Waals surface area contributed by atoms with Crippen LogP contribution in [0.25, 0.3) is 10.8 Å². The van der Waals surface area contributed by atoms with E-state index >= 15 is 0 Å². The summed E-state index contributed by atoms with van der Waals surface area (Å²) in [5, 5.41) is 6.21. The van der Waals surface area contributed by atoms with Crippen LogP contribution in [-0.2, 0) is 11.4 Å². The molecule has 6 heteroatoms. The van der Waals surface area contributed by atoms with Crippen molar-refractivity contribution < 1.29 is 14.3 Å². The zero-order valence-electron chi connectivity index (χ0n) is 15.0. The number of benzene rings is 3. The van der Waals surface area contributed by atoms with Crippen LogP contribution in [-0.4, -0.2) is 19.2 Å². The molecule has 5 nitrogen and oxygen atoms in total. The fourth-order valence-electron chi connectivity index (χ4n) is 2.72. The SMILES string of the molecule is COc1cc(/C=N\NC(C)=O)cc(Br)c1OCc1cccc2ccccc12. The first-order valence-electron chi connectivity index (χ1n) is 8.35. The summed E-state index contributed by atoms with van der Waals surface area (Å²) in [6.07, 6.45) is 1.54. The number of hydrogen-bond acceptors (Lipinski definition) is 4. The molecule has 0 unspecified atom stereocenters. The minimum Gasteiger partial charge on any atom is -0.493 e. The summed E-state index contributed by atoms with van der Waals surface area (Å²) < 4.78 is 12.3. The van der Waals surface area contributed by atoms with Gasteiger partial charge in [-0.05, 0) is 50.0 Å². The molecule has 0 spiro atoms. The van der Waals surface area contributed by atoms with Crippen molar-refractivity contribution in [3.63, 3.8) is 0 Å². The number of methoxy groups -OCH3 is 1. The van der Waals surface area contributed by atoms with E-state index < -0.39 is 0 Å². The Morgan fingerprint density at radius 1 is 1.19 bits per heavy atom. The fourth-order valence-corrected chi connectivity index (χ4v) is 3.29. The molecule has 1 N–H and O–H groups in total. The Labute approximate surface area is 166 Å². The van der Waals surface area contributed by atoms with E-state index in [0.29, 0.717) is 18.1 Å². The highest BCUT2D eigenvalue weighted by atomic mass is 79.9. The summed E-state index contributed by atoms with van der Waals surface area (Å²) >= 11 is 3.53. The highest BCUT2D eigenvalue weighted by molar-refractivity contribution is 9.10.